The molecule has 2 aliphatic rings. The van der Waals surface area contributed by atoms with Crippen LogP contribution in [0.1, 0.15) is 75.1 Å². The van der Waals surface area contributed by atoms with Crippen molar-refractivity contribution in [3.05, 3.63) is 29.8 Å². The van der Waals surface area contributed by atoms with E-state index in [0.29, 0.717) is 25.7 Å². The summed E-state index contributed by atoms with van der Waals surface area (Å²) in [6.45, 7) is 1.84. The van der Waals surface area contributed by atoms with Crippen LogP contribution >= 0.6 is 0 Å². The van der Waals surface area contributed by atoms with E-state index in [2.05, 4.69) is 0 Å². The van der Waals surface area contributed by atoms with E-state index < -0.39 is 41.6 Å². The Hall–Kier alpha value is -2.71. The summed E-state index contributed by atoms with van der Waals surface area (Å²) >= 11 is 0. The number of carbonyl (C=O) groups is 3. The van der Waals surface area contributed by atoms with Crippen LogP contribution in [0.15, 0.2) is 24.3 Å². The van der Waals surface area contributed by atoms with Gasteiger partial charge >= 0.3 is 24.0 Å². The number of carboxylic acids is 1. The summed E-state index contributed by atoms with van der Waals surface area (Å²) in [6.07, 6.45) is 3.53. The first-order valence-corrected chi connectivity index (χ1v) is 10.9. The number of hydrogen-bond donors (Lipinski definition) is 1. The highest BCUT2D eigenvalue weighted by molar-refractivity contribution is 5.90. The summed E-state index contributed by atoms with van der Waals surface area (Å²) in [4.78, 5) is 35.6. The average Bonchev–Trinajstić information content (AvgIpc) is 3.18. The predicted molar refractivity (Wildman–Crippen MR) is 109 cm³/mol. The van der Waals surface area contributed by atoms with Crippen molar-refractivity contribution in [2.45, 2.75) is 82.3 Å². The molecule has 0 aliphatic heterocycles. The Balaban J connectivity index is 1.64. The number of hydrogen-bond acceptors (Lipinski definition) is 6. The van der Waals surface area contributed by atoms with Gasteiger partial charge in [-0.3, -0.25) is 0 Å². The fourth-order valence-electron chi connectivity index (χ4n) is 4.41. The van der Waals surface area contributed by atoms with Gasteiger partial charge in [0.15, 0.2) is 6.10 Å². The van der Waals surface area contributed by atoms with Gasteiger partial charge in [0.05, 0.1) is 5.56 Å². The first-order chi connectivity index (χ1) is 15.1. The average molecular weight is 454 g/mol. The lowest BCUT2D eigenvalue weighted by Gasteiger charge is -2.33. The molecule has 0 saturated heterocycles. The highest BCUT2D eigenvalue weighted by Gasteiger charge is 2.53. The molecule has 9 heteroatoms. The largest absolute Gasteiger partial charge is 0.514 e. The zero-order chi connectivity index (χ0) is 23.4. The summed E-state index contributed by atoms with van der Waals surface area (Å²) in [7, 11) is 0. The van der Waals surface area contributed by atoms with Crippen LogP contribution in [0.4, 0.5) is 13.6 Å². The maximum absolute atomic E-state index is 14.3. The zero-order valence-electron chi connectivity index (χ0n) is 18.0. The van der Waals surface area contributed by atoms with Crippen LogP contribution in [0.25, 0.3) is 0 Å². The number of carboxylic acid groups (broad SMARTS) is 1. The Morgan fingerprint density at radius 1 is 1.03 bits per heavy atom. The number of halogens is 2. The van der Waals surface area contributed by atoms with Crippen molar-refractivity contribution in [2.75, 3.05) is 0 Å². The third-order valence-electron chi connectivity index (χ3n) is 6.24. The smallest absolute Gasteiger partial charge is 0.477 e. The minimum Gasteiger partial charge on any atom is -0.477 e. The van der Waals surface area contributed by atoms with Crippen LogP contribution in [0.5, 0.6) is 5.75 Å². The van der Waals surface area contributed by atoms with E-state index >= 15 is 0 Å². The molecule has 0 heterocycles. The van der Waals surface area contributed by atoms with Crippen molar-refractivity contribution in [1.82, 2.24) is 0 Å². The molecular weight excluding hydrogens is 426 g/mol. The van der Waals surface area contributed by atoms with Crippen molar-refractivity contribution in [1.29, 1.82) is 0 Å². The normalized spacial score (nSPS) is 19.7. The second-order valence-corrected chi connectivity index (χ2v) is 8.79. The van der Waals surface area contributed by atoms with Gasteiger partial charge in [-0.1, -0.05) is 19.3 Å². The van der Waals surface area contributed by atoms with Crippen molar-refractivity contribution < 1.29 is 42.5 Å². The third kappa shape index (κ3) is 5.75. The number of rotatable bonds is 7. The molecule has 32 heavy (non-hydrogen) atoms. The van der Waals surface area contributed by atoms with E-state index in [1.807, 2.05) is 6.92 Å². The van der Waals surface area contributed by atoms with Crippen LogP contribution in [-0.2, 0) is 14.3 Å². The van der Waals surface area contributed by atoms with Crippen LogP contribution in [-0.4, -0.2) is 40.8 Å². The maximum Gasteiger partial charge on any atom is 0.514 e. The summed E-state index contributed by atoms with van der Waals surface area (Å²) in [6, 6.07) is 5.16. The monoisotopic (exact) mass is 454 g/mol. The topological polar surface area (TPSA) is 99.1 Å². The van der Waals surface area contributed by atoms with E-state index in [1.165, 1.54) is 24.3 Å². The predicted octanol–water partition coefficient (Wildman–Crippen LogP) is 5.36. The Labute approximate surface area is 185 Å². The van der Waals surface area contributed by atoms with Gasteiger partial charge in [-0.15, -0.1) is 0 Å². The van der Waals surface area contributed by atoms with Gasteiger partial charge < -0.3 is 19.3 Å². The third-order valence-corrected chi connectivity index (χ3v) is 6.24. The summed E-state index contributed by atoms with van der Waals surface area (Å²) in [5.74, 6) is -8.19. The first-order valence-electron chi connectivity index (χ1n) is 10.9. The molecule has 2 aliphatic carbocycles. The molecule has 0 radical (unpaired) electrons. The number of esters is 1. The van der Waals surface area contributed by atoms with Gasteiger partial charge in [0.2, 0.25) is 0 Å². The van der Waals surface area contributed by atoms with Gasteiger partial charge in [-0.2, -0.15) is 8.78 Å². The van der Waals surface area contributed by atoms with Gasteiger partial charge in [0.1, 0.15) is 11.4 Å². The SMILES string of the molecule is CC1(OC(=O)Oc2ccc(C(=O)OC(C3CCCCC3)C(F)(F)C(=O)O)cc2)CCCC1. The summed E-state index contributed by atoms with van der Waals surface area (Å²) in [5.41, 5.74) is -0.611. The van der Waals surface area contributed by atoms with Crippen LogP contribution < -0.4 is 4.74 Å². The maximum atomic E-state index is 14.3. The molecule has 0 aromatic heterocycles. The lowest BCUT2D eigenvalue weighted by molar-refractivity contribution is -0.189. The molecule has 7 nitrogen and oxygen atoms in total. The molecule has 1 unspecified atom stereocenters. The number of aliphatic carboxylic acids is 1. The molecule has 2 saturated carbocycles. The van der Waals surface area contributed by atoms with Crippen molar-refractivity contribution >= 4 is 18.1 Å². The quantitative estimate of drug-likeness (QED) is 0.437. The number of carbonyl (C=O) groups excluding carboxylic acids is 2. The molecule has 1 aromatic rings. The van der Waals surface area contributed by atoms with E-state index in [4.69, 9.17) is 19.3 Å². The molecule has 0 spiro atoms. The highest BCUT2D eigenvalue weighted by Crippen LogP contribution is 2.37. The van der Waals surface area contributed by atoms with Gasteiger partial charge in [-0.25, -0.2) is 14.4 Å². The first kappa shape index (κ1) is 23.9. The summed E-state index contributed by atoms with van der Waals surface area (Å²) in [5, 5.41) is 8.96. The molecule has 0 bridgehead atoms. The van der Waals surface area contributed by atoms with Crippen molar-refractivity contribution in [3.63, 3.8) is 0 Å². The Morgan fingerprint density at radius 3 is 2.19 bits per heavy atom. The van der Waals surface area contributed by atoms with Crippen LogP contribution in [0.2, 0.25) is 0 Å². The minimum atomic E-state index is -4.19. The minimum absolute atomic E-state index is 0.0597. The summed E-state index contributed by atoms with van der Waals surface area (Å²) < 4.78 is 44.2. The fraction of sp³-hybridized carbons (Fsp3) is 0.609. The molecule has 3 rings (SSSR count). The molecular formula is C23H28F2O7. The number of benzene rings is 1. The van der Waals surface area contributed by atoms with Gasteiger partial charge in [0.25, 0.3) is 0 Å². The van der Waals surface area contributed by atoms with E-state index in [1.54, 1.807) is 0 Å². The molecule has 2 fully saturated rings. The van der Waals surface area contributed by atoms with Gasteiger partial charge in [-0.05, 0) is 69.7 Å². The molecule has 1 aromatic carbocycles. The standard InChI is InChI=1S/C23H28F2O7/c1-22(13-5-6-14-22)32-21(29)30-17-11-9-16(10-12-17)19(26)31-18(23(24,25)20(27)28)15-7-3-2-4-8-15/h9-12,15,18H,2-8,13-14H2,1H3,(H,27,28). The lowest BCUT2D eigenvalue weighted by atomic mass is 9.83. The second kappa shape index (κ2) is 9.83. The second-order valence-electron chi connectivity index (χ2n) is 8.79. The molecule has 176 valence electrons. The van der Waals surface area contributed by atoms with Gasteiger partial charge in [0, 0.05) is 5.92 Å². The fourth-order valence-corrected chi connectivity index (χ4v) is 4.41. The van der Waals surface area contributed by atoms with Crippen LogP contribution in [0.3, 0.4) is 0 Å². The Kier molecular flexibility index (Phi) is 7.36. The molecule has 0 amide bonds. The Morgan fingerprint density at radius 2 is 1.62 bits per heavy atom. The molecule has 1 N–H and O–H groups in total. The van der Waals surface area contributed by atoms with Crippen molar-refractivity contribution in [2.24, 2.45) is 5.92 Å². The number of alkyl halides is 2. The van der Waals surface area contributed by atoms with E-state index in [-0.39, 0.29) is 11.3 Å². The van der Waals surface area contributed by atoms with Crippen LogP contribution in [0, 0.1) is 5.92 Å². The molecule has 1 atom stereocenters. The zero-order valence-corrected chi connectivity index (χ0v) is 18.0. The number of ether oxygens (including phenoxy) is 3. The highest BCUT2D eigenvalue weighted by atomic mass is 19.3. The van der Waals surface area contributed by atoms with Crippen molar-refractivity contribution in [3.8, 4) is 5.75 Å². The van der Waals surface area contributed by atoms with E-state index in [0.717, 1.165) is 32.1 Å². The van der Waals surface area contributed by atoms with E-state index in [9.17, 15) is 23.2 Å². The Bertz CT molecular complexity index is 825. The lowest BCUT2D eigenvalue weighted by Crippen LogP contribution is -2.48.